The van der Waals surface area contributed by atoms with E-state index in [1.165, 1.54) is 0 Å². The minimum absolute atomic E-state index is 0. The summed E-state index contributed by atoms with van der Waals surface area (Å²) in [4.78, 5) is 2.13. The molecule has 0 spiro atoms. The third kappa shape index (κ3) is 3.65. The normalized spacial score (nSPS) is 25.4. The van der Waals surface area contributed by atoms with Crippen LogP contribution in [0.1, 0.15) is 24.3 Å². The third-order valence-corrected chi connectivity index (χ3v) is 7.08. The predicted octanol–water partition coefficient (Wildman–Crippen LogP) is 1.94. The van der Waals surface area contributed by atoms with Crippen LogP contribution in [-0.2, 0) is 10.0 Å². The molecule has 1 aromatic carbocycles. The highest BCUT2D eigenvalue weighted by atomic mass is 35.5. The molecule has 0 amide bonds. The van der Waals surface area contributed by atoms with E-state index in [-0.39, 0.29) is 29.6 Å². The number of halogens is 1. The first-order valence-corrected chi connectivity index (χ1v) is 9.23. The lowest BCUT2D eigenvalue weighted by Gasteiger charge is -2.25. The van der Waals surface area contributed by atoms with Crippen molar-refractivity contribution in [3.8, 4) is 5.75 Å². The van der Waals surface area contributed by atoms with Gasteiger partial charge in [0.25, 0.3) is 0 Å². The maximum absolute atomic E-state index is 12.5. The smallest absolute Gasteiger partial charge is 0.217 e. The van der Waals surface area contributed by atoms with E-state index in [4.69, 9.17) is 4.74 Å². The Morgan fingerprint density at radius 1 is 1.22 bits per heavy atom. The molecule has 0 unspecified atom stereocenters. The molecule has 1 aliphatic heterocycles. The number of hydrogen-bond donors (Lipinski definition) is 0. The average molecular weight is 361 g/mol. The van der Waals surface area contributed by atoms with Crippen molar-refractivity contribution in [2.45, 2.75) is 30.1 Å². The van der Waals surface area contributed by atoms with E-state index in [0.29, 0.717) is 13.1 Å². The summed E-state index contributed by atoms with van der Waals surface area (Å²) < 4.78 is 32.1. The van der Waals surface area contributed by atoms with Crippen LogP contribution in [0.15, 0.2) is 24.3 Å². The molecule has 1 saturated carbocycles. The first-order valence-electron chi connectivity index (χ1n) is 7.73. The molecule has 0 N–H and O–H groups in total. The molecule has 130 valence electrons. The minimum Gasteiger partial charge on any atom is -0.497 e. The largest absolute Gasteiger partial charge is 0.497 e. The van der Waals surface area contributed by atoms with E-state index in [9.17, 15) is 8.42 Å². The zero-order valence-corrected chi connectivity index (χ0v) is 15.4. The van der Waals surface area contributed by atoms with Gasteiger partial charge in [0.05, 0.1) is 12.4 Å². The van der Waals surface area contributed by atoms with Gasteiger partial charge in [-0.2, -0.15) is 4.31 Å². The Bertz CT molecular complexity index is 646. The van der Waals surface area contributed by atoms with Gasteiger partial charge in [0.1, 0.15) is 5.75 Å². The van der Waals surface area contributed by atoms with Crippen molar-refractivity contribution < 1.29 is 13.2 Å². The second-order valence-corrected chi connectivity index (χ2v) is 8.69. The number of methoxy groups -OCH3 is 1. The van der Waals surface area contributed by atoms with Crippen molar-refractivity contribution >= 4 is 22.4 Å². The monoisotopic (exact) mass is 360 g/mol. The lowest BCUT2D eigenvalue weighted by molar-refractivity contribution is 0.284. The topological polar surface area (TPSA) is 49.9 Å². The molecular weight excluding hydrogens is 336 g/mol. The molecule has 5 nitrogen and oxygen atoms in total. The van der Waals surface area contributed by atoms with Gasteiger partial charge >= 0.3 is 0 Å². The molecular formula is C16H25ClN2O3S. The van der Waals surface area contributed by atoms with E-state index >= 15 is 0 Å². The number of hydrogen-bond acceptors (Lipinski definition) is 4. The highest BCUT2D eigenvalue weighted by Crippen LogP contribution is 2.38. The number of ether oxygens (including phenoxy) is 1. The predicted molar refractivity (Wildman–Crippen MR) is 94.0 cm³/mol. The van der Waals surface area contributed by atoms with Crippen LogP contribution in [0.3, 0.4) is 0 Å². The number of benzene rings is 1. The Labute approximate surface area is 145 Å². The number of likely N-dealkylation sites (N-methyl/N-ethyl adjacent to an activating group) is 1. The van der Waals surface area contributed by atoms with Gasteiger partial charge in [-0.05, 0) is 44.6 Å². The summed E-state index contributed by atoms with van der Waals surface area (Å²) in [5, 5.41) is -0.139. The Morgan fingerprint density at radius 3 is 2.48 bits per heavy atom. The molecule has 0 aromatic heterocycles. The van der Waals surface area contributed by atoms with Crippen molar-refractivity contribution in [2.24, 2.45) is 0 Å². The molecule has 0 radical (unpaired) electrons. The molecule has 1 saturated heterocycles. The maximum Gasteiger partial charge on any atom is 0.217 e. The van der Waals surface area contributed by atoms with E-state index in [0.717, 1.165) is 24.2 Å². The van der Waals surface area contributed by atoms with Crippen LogP contribution in [0.4, 0.5) is 0 Å². The van der Waals surface area contributed by atoms with Gasteiger partial charge in [-0.15, -0.1) is 12.4 Å². The van der Waals surface area contributed by atoms with E-state index < -0.39 is 10.0 Å². The second kappa shape index (κ2) is 6.97. The molecule has 23 heavy (non-hydrogen) atoms. The van der Waals surface area contributed by atoms with Gasteiger partial charge < -0.3 is 9.64 Å². The van der Waals surface area contributed by atoms with Crippen molar-refractivity contribution in [3.63, 3.8) is 0 Å². The summed E-state index contributed by atoms with van der Waals surface area (Å²) in [6.07, 6.45) is 1.63. The fraction of sp³-hybridized carbons (Fsp3) is 0.625. The van der Waals surface area contributed by atoms with Gasteiger partial charge in [0, 0.05) is 25.0 Å². The first-order chi connectivity index (χ1) is 10.4. The SMILES string of the molecule is COc1cccc([C@H]2CN(S(=O)(=O)C3CC3)C[C@@H]2N(C)C)c1.Cl. The highest BCUT2D eigenvalue weighted by molar-refractivity contribution is 7.90. The molecule has 0 bridgehead atoms. The van der Waals surface area contributed by atoms with Crippen LogP contribution >= 0.6 is 12.4 Å². The molecule has 1 aromatic rings. The molecule has 1 heterocycles. The Balaban J connectivity index is 0.00000192. The molecule has 1 aliphatic carbocycles. The van der Waals surface area contributed by atoms with Crippen molar-refractivity contribution in [3.05, 3.63) is 29.8 Å². The van der Waals surface area contributed by atoms with Crippen LogP contribution in [-0.4, -0.2) is 63.2 Å². The Kier molecular flexibility index (Phi) is 5.61. The van der Waals surface area contributed by atoms with Gasteiger partial charge in [-0.25, -0.2) is 8.42 Å². The molecule has 2 aliphatic rings. The standard InChI is InChI=1S/C16H24N2O3S.ClH/c1-17(2)16-11-18(22(19,20)14-7-8-14)10-15(16)12-5-4-6-13(9-12)21-3;/h4-6,9,14-16H,7-8,10-11H2,1-3H3;1H/t15-,16+;/m1./s1. The number of rotatable bonds is 5. The number of sulfonamides is 1. The van der Waals surface area contributed by atoms with Crippen LogP contribution in [0, 0.1) is 0 Å². The van der Waals surface area contributed by atoms with Crippen molar-refractivity contribution in [1.29, 1.82) is 0 Å². The third-order valence-electron chi connectivity index (χ3n) is 4.75. The second-order valence-electron chi connectivity index (χ2n) is 6.48. The zero-order valence-electron chi connectivity index (χ0n) is 13.8. The fourth-order valence-corrected chi connectivity index (χ4v) is 5.14. The highest BCUT2D eigenvalue weighted by Gasteiger charge is 2.46. The van der Waals surface area contributed by atoms with E-state index in [1.807, 2.05) is 32.3 Å². The van der Waals surface area contributed by atoms with Crippen LogP contribution in [0.5, 0.6) is 5.75 Å². The molecule has 2 atom stereocenters. The van der Waals surface area contributed by atoms with E-state index in [2.05, 4.69) is 11.0 Å². The first kappa shape index (κ1) is 18.5. The summed E-state index contributed by atoms with van der Waals surface area (Å²) in [5.41, 5.74) is 1.14. The fourth-order valence-electron chi connectivity index (χ4n) is 3.26. The maximum atomic E-state index is 12.5. The lowest BCUT2D eigenvalue weighted by Crippen LogP contribution is -2.36. The van der Waals surface area contributed by atoms with Gasteiger partial charge in [-0.3, -0.25) is 0 Å². The summed E-state index contributed by atoms with van der Waals surface area (Å²) >= 11 is 0. The van der Waals surface area contributed by atoms with Crippen molar-refractivity contribution in [2.75, 3.05) is 34.3 Å². The summed E-state index contributed by atoms with van der Waals surface area (Å²) in [7, 11) is 2.58. The van der Waals surface area contributed by atoms with Crippen LogP contribution < -0.4 is 4.74 Å². The van der Waals surface area contributed by atoms with Crippen molar-refractivity contribution in [1.82, 2.24) is 9.21 Å². The Hall–Kier alpha value is -0.820. The van der Waals surface area contributed by atoms with Crippen LogP contribution in [0.2, 0.25) is 0 Å². The molecule has 3 rings (SSSR count). The van der Waals surface area contributed by atoms with Gasteiger partial charge in [0.2, 0.25) is 10.0 Å². The lowest BCUT2D eigenvalue weighted by atomic mass is 9.93. The Morgan fingerprint density at radius 2 is 1.91 bits per heavy atom. The summed E-state index contributed by atoms with van der Waals surface area (Å²) in [6, 6.07) is 8.17. The summed E-state index contributed by atoms with van der Waals surface area (Å²) in [5.74, 6) is 0.997. The number of nitrogens with zero attached hydrogens (tertiary/aromatic N) is 2. The van der Waals surface area contributed by atoms with Crippen LogP contribution in [0.25, 0.3) is 0 Å². The zero-order chi connectivity index (χ0) is 15.9. The summed E-state index contributed by atoms with van der Waals surface area (Å²) in [6.45, 7) is 1.14. The molecule has 2 fully saturated rings. The minimum atomic E-state index is -3.11. The quantitative estimate of drug-likeness (QED) is 0.805. The average Bonchev–Trinajstić information content (AvgIpc) is 3.26. The van der Waals surface area contributed by atoms with Gasteiger partial charge in [0.15, 0.2) is 0 Å². The van der Waals surface area contributed by atoms with E-state index in [1.54, 1.807) is 11.4 Å². The van der Waals surface area contributed by atoms with Gasteiger partial charge in [-0.1, -0.05) is 12.1 Å². The molecule has 7 heteroatoms.